The third kappa shape index (κ3) is 3.87. The number of nitrogens with zero attached hydrogens (tertiary/aromatic N) is 1. The molecule has 1 fully saturated rings. The highest BCUT2D eigenvalue weighted by atomic mass is 32.2. The number of hydrogen-bond acceptors (Lipinski definition) is 3. The highest BCUT2D eigenvalue weighted by Crippen LogP contribution is 2.37. The maximum absolute atomic E-state index is 12.6. The maximum atomic E-state index is 12.6. The minimum Gasteiger partial charge on any atom is -0.346 e. The maximum Gasteiger partial charge on any atom is 0.242 e. The molecule has 21 heavy (non-hydrogen) atoms. The van der Waals surface area contributed by atoms with Crippen molar-refractivity contribution in [2.75, 3.05) is 7.05 Å². The Bertz CT molecular complexity index is 574. The van der Waals surface area contributed by atoms with Crippen LogP contribution in [0.15, 0.2) is 17.2 Å². The van der Waals surface area contributed by atoms with Gasteiger partial charge in [0.25, 0.3) is 0 Å². The molecule has 0 saturated heterocycles. The highest BCUT2D eigenvalue weighted by molar-refractivity contribution is 7.89. The minimum atomic E-state index is -3.44. The molecule has 0 radical (unpaired) electrons. The SMILES string of the molecule is CCC(NS(=O)(=O)c1cc(CNC)n(C2CC2)c1)C(C)C. The molecule has 2 rings (SSSR count). The van der Waals surface area contributed by atoms with Crippen molar-refractivity contribution in [3.05, 3.63) is 18.0 Å². The Kier molecular flexibility index (Phi) is 5.11. The van der Waals surface area contributed by atoms with Gasteiger partial charge in [0, 0.05) is 30.5 Å². The van der Waals surface area contributed by atoms with Gasteiger partial charge in [-0.1, -0.05) is 20.8 Å². The standard InChI is InChI=1S/C15H27N3O2S/c1-5-15(11(2)3)17-21(19,20)14-8-13(9-16-4)18(10-14)12-6-7-12/h8,10-12,15-17H,5-7,9H2,1-4H3. The summed E-state index contributed by atoms with van der Waals surface area (Å²) < 4.78 is 30.1. The van der Waals surface area contributed by atoms with Crippen LogP contribution >= 0.6 is 0 Å². The monoisotopic (exact) mass is 313 g/mol. The Balaban J connectivity index is 2.25. The number of aromatic nitrogens is 1. The van der Waals surface area contributed by atoms with Crippen molar-refractivity contribution in [3.63, 3.8) is 0 Å². The first-order valence-electron chi connectivity index (χ1n) is 7.76. The van der Waals surface area contributed by atoms with E-state index in [4.69, 9.17) is 0 Å². The topological polar surface area (TPSA) is 63.1 Å². The average molecular weight is 313 g/mol. The summed E-state index contributed by atoms with van der Waals surface area (Å²) in [6, 6.07) is 2.25. The van der Waals surface area contributed by atoms with Crippen molar-refractivity contribution < 1.29 is 8.42 Å². The van der Waals surface area contributed by atoms with Gasteiger partial charge in [-0.2, -0.15) is 0 Å². The third-order valence-electron chi connectivity index (χ3n) is 4.07. The van der Waals surface area contributed by atoms with Gasteiger partial charge >= 0.3 is 0 Å². The zero-order valence-electron chi connectivity index (χ0n) is 13.4. The Hall–Kier alpha value is -0.850. The van der Waals surface area contributed by atoms with E-state index in [0.717, 1.165) is 25.0 Å². The number of nitrogens with one attached hydrogen (secondary N) is 2. The molecule has 0 aliphatic heterocycles. The van der Waals surface area contributed by atoms with E-state index in [1.807, 2.05) is 27.8 Å². The third-order valence-corrected chi connectivity index (χ3v) is 5.52. The fourth-order valence-corrected chi connectivity index (χ4v) is 4.13. The Labute approximate surface area is 128 Å². The van der Waals surface area contributed by atoms with Crippen molar-refractivity contribution >= 4 is 10.0 Å². The predicted molar refractivity (Wildman–Crippen MR) is 84.7 cm³/mol. The Morgan fingerprint density at radius 1 is 1.38 bits per heavy atom. The van der Waals surface area contributed by atoms with Gasteiger partial charge in [-0.15, -0.1) is 0 Å². The van der Waals surface area contributed by atoms with Gasteiger partial charge in [-0.25, -0.2) is 13.1 Å². The van der Waals surface area contributed by atoms with Crippen LogP contribution in [-0.4, -0.2) is 26.1 Å². The van der Waals surface area contributed by atoms with Crippen molar-refractivity contribution in [3.8, 4) is 0 Å². The quantitative estimate of drug-likeness (QED) is 0.774. The van der Waals surface area contributed by atoms with Crippen molar-refractivity contribution in [2.45, 2.75) is 63.6 Å². The van der Waals surface area contributed by atoms with Gasteiger partial charge in [0.05, 0.1) is 4.90 Å². The molecule has 1 aliphatic rings. The Morgan fingerprint density at radius 2 is 2.05 bits per heavy atom. The summed E-state index contributed by atoms with van der Waals surface area (Å²) in [7, 11) is -1.56. The number of hydrogen-bond donors (Lipinski definition) is 2. The lowest BCUT2D eigenvalue weighted by Gasteiger charge is -2.20. The molecule has 6 heteroatoms. The van der Waals surface area contributed by atoms with E-state index in [0.29, 0.717) is 17.5 Å². The first-order valence-corrected chi connectivity index (χ1v) is 9.25. The molecule has 0 bridgehead atoms. The summed E-state index contributed by atoms with van der Waals surface area (Å²) in [5.41, 5.74) is 1.04. The minimum absolute atomic E-state index is 0.0213. The zero-order valence-corrected chi connectivity index (χ0v) is 14.2. The largest absolute Gasteiger partial charge is 0.346 e. The molecule has 2 N–H and O–H groups in total. The molecule has 1 aromatic rings. The van der Waals surface area contributed by atoms with Crippen LogP contribution in [0.25, 0.3) is 0 Å². The summed E-state index contributed by atoms with van der Waals surface area (Å²) in [4.78, 5) is 0.388. The first-order chi connectivity index (χ1) is 9.89. The molecule has 1 unspecified atom stereocenters. The molecule has 1 aromatic heterocycles. The smallest absolute Gasteiger partial charge is 0.242 e. The van der Waals surface area contributed by atoms with E-state index in [9.17, 15) is 8.42 Å². The highest BCUT2D eigenvalue weighted by Gasteiger charge is 2.29. The van der Waals surface area contributed by atoms with Gasteiger partial charge in [-0.05, 0) is 38.3 Å². The lowest BCUT2D eigenvalue weighted by atomic mass is 10.0. The molecule has 0 spiro atoms. The van der Waals surface area contributed by atoms with Crippen LogP contribution in [0, 0.1) is 5.92 Å². The van der Waals surface area contributed by atoms with Crippen LogP contribution in [0.1, 0.15) is 51.8 Å². The van der Waals surface area contributed by atoms with E-state index < -0.39 is 10.0 Å². The van der Waals surface area contributed by atoms with Gasteiger partial charge in [0.1, 0.15) is 0 Å². The molecule has 0 amide bonds. The molecule has 1 atom stereocenters. The second-order valence-corrected chi connectivity index (χ2v) is 7.93. The molecule has 5 nitrogen and oxygen atoms in total. The van der Waals surface area contributed by atoms with Crippen LogP contribution in [0.2, 0.25) is 0 Å². The van der Waals surface area contributed by atoms with Crippen LogP contribution in [-0.2, 0) is 16.6 Å². The van der Waals surface area contributed by atoms with Gasteiger partial charge in [-0.3, -0.25) is 0 Å². The normalized spacial score (nSPS) is 17.4. The van der Waals surface area contributed by atoms with Crippen molar-refractivity contribution in [1.29, 1.82) is 0 Å². The predicted octanol–water partition coefficient (Wildman–Crippen LogP) is 2.26. The van der Waals surface area contributed by atoms with Crippen molar-refractivity contribution in [1.82, 2.24) is 14.6 Å². The molecule has 1 saturated carbocycles. The van der Waals surface area contributed by atoms with Crippen LogP contribution in [0.4, 0.5) is 0 Å². The zero-order chi connectivity index (χ0) is 15.6. The van der Waals surface area contributed by atoms with E-state index in [2.05, 4.69) is 14.6 Å². The molecule has 1 aliphatic carbocycles. The van der Waals surface area contributed by atoms with E-state index in [-0.39, 0.29) is 12.0 Å². The van der Waals surface area contributed by atoms with Gasteiger partial charge in [0.15, 0.2) is 0 Å². The molecule has 0 aromatic carbocycles. The summed E-state index contributed by atoms with van der Waals surface area (Å²) in [6.07, 6.45) is 4.87. The molecule has 120 valence electrons. The fourth-order valence-electron chi connectivity index (χ4n) is 2.62. The van der Waals surface area contributed by atoms with E-state index >= 15 is 0 Å². The Morgan fingerprint density at radius 3 is 2.52 bits per heavy atom. The second kappa shape index (κ2) is 6.50. The molecule has 1 heterocycles. The van der Waals surface area contributed by atoms with E-state index in [1.165, 1.54) is 0 Å². The summed E-state index contributed by atoms with van der Waals surface area (Å²) >= 11 is 0. The molecular weight excluding hydrogens is 286 g/mol. The lowest BCUT2D eigenvalue weighted by Crippen LogP contribution is -2.37. The fraction of sp³-hybridized carbons (Fsp3) is 0.733. The van der Waals surface area contributed by atoms with Crippen molar-refractivity contribution in [2.24, 2.45) is 5.92 Å². The lowest BCUT2D eigenvalue weighted by molar-refractivity contribution is 0.437. The van der Waals surface area contributed by atoms with Crippen LogP contribution in [0.5, 0.6) is 0 Å². The number of rotatable bonds is 8. The van der Waals surface area contributed by atoms with Crippen LogP contribution < -0.4 is 10.0 Å². The van der Waals surface area contributed by atoms with Crippen LogP contribution in [0.3, 0.4) is 0 Å². The number of sulfonamides is 1. The summed E-state index contributed by atoms with van der Waals surface area (Å²) in [5.74, 6) is 0.284. The summed E-state index contributed by atoms with van der Waals surface area (Å²) in [6.45, 7) is 6.78. The van der Waals surface area contributed by atoms with E-state index in [1.54, 1.807) is 12.3 Å². The summed E-state index contributed by atoms with van der Waals surface area (Å²) in [5, 5.41) is 3.11. The first kappa shape index (κ1) is 16.5. The molecular formula is C15H27N3O2S. The van der Waals surface area contributed by atoms with Gasteiger partial charge in [0.2, 0.25) is 10.0 Å². The van der Waals surface area contributed by atoms with Gasteiger partial charge < -0.3 is 9.88 Å². The average Bonchev–Trinajstić information content (AvgIpc) is 3.17. The second-order valence-electron chi connectivity index (χ2n) is 6.22.